The highest BCUT2D eigenvalue weighted by Crippen LogP contribution is 2.29. The molecule has 1 fully saturated rings. The van der Waals surface area contributed by atoms with Gasteiger partial charge in [0.25, 0.3) is 0 Å². The maximum absolute atomic E-state index is 6.01. The number of benzene rings is 2. The van der Waals surface area contributed by atoms with E-state index in [1.165, 1.54) is 11.1 Å². The van der Waals surface area contributed by atoms with E-state index in [1.54, 1.807) is 7.11 Å². The molecule has 0 saturated heterocycles. The summed E-state index contributed by atoms with van der Waals surface area (Å²) in [5.74, 6) is 0.899. The molecule has 1 aliphatic carbocycles. The molecular weight excluding hydrogens is 262 g/mol. The minimum atomic E-state index is 0.129. The molecule has 2 aromatic carbocycles. The second-order valence-corrected chi connectivity index (χ2v) is 5.38. The Bertz CT molecular complexity index is 568. The van der Waals surface area contributed by atoms with Gasteiger partial charge in [0, 0.05) is 19.6 Å². The number of ether oxygens (including phenoxy) is 2. The molecule has 0 heterocycles. The SMILES string of the molecule is CNC1CC(Oc2ccc(-c3ccccc3)cc2)C1OC. The van der Waals surface area contributed by atoms with Gasteiger partial charge >= 0.3 is 0 Å². The molecule has 3 rings (SSSR count). The fourth-order valence-corrected chi connectivity index (χ4v) is 2.83. The van der Waals surface area contributed by atoms with Gasteiger partial charge < -0.3 is 14.8 Å². The monoisotopic (exact) mass is 283 g/mol. The molecule has 0 aliphatic heterocycles. The van der Waals surface area contributed by atoms with E-state index in [-0.39, 0.29) is 12.2 Å². The molecule has 0 amide bonds. The third-order valence-corrected chi connectivity index (χ3v) is 4.14. The van der Waals surface area contributed by atoms with Gasteiger partial charge in [0.15, 0.2) is 0 Å². The summed E-state index contributed by atoms with van der Waals surface area (Å²) in [7, 11) is 3.70. The second-order valence-electron chi connectivity index (χ2n) is 5.38. The topological polar surface area (TPSA) is 30.5 Å². The summed E-state index contributed by atoms with van der Waals surface area (Å²) in [6, 6.07) is 19.0. The van der Waals surface area contributed by atoms with Crippen LogP contribution in [0.1, 0.15) is 6.42 Å². The summed E-state index contributed by atoms with van der Waals surface area (Å²) in [6.07, 6.45) is 1.24. The van der Waals surface area contributed by atoms with Gasteiger partial charge in [-0.25, -0.2) is 0 Å². The maximum Gasteiger partial charge on any atom is 0.128 e. The standard InChI is InChI=1S/C18H21NO2/c1-19-16-12-17(18(16)20-2)21-15-10-8-14(9-11-15)13-6-4-3-5-7-13/h3-11,16-19H,12H2,1-2H3. The molecule has 3 atom stereocenters. The van der Waals surface area contributed by atoms with Crippen molar-refractivity contribution in [2.75, 3.05) is 14.2 Å². The molecule has 3 nitrogen and oxygen atoms in total. The number of methoxy groups -OCH3 is 1. The van der Waals surface area contributed by atoms with Crippen molar-refractivity contribution in [2.24, 2.45) is 0 Å². The molecule has 3 unspecified atom stereocenters. The first-order valence-electron chi connectivity index (χ1n) is 7.34. The Hall–Kier alpha value is -1.84. The lowest BCUT2D eigenvalue weighted by Crippen LogP contribution is -2.60. The highest BCUT2D eigenvalue weighted by Gasteiger charge is 2.42. The van der Waals surface area contributed by atoms with Crippen molar-refractivity contribution >= 4 is 0 Å². The van der Waals surface area contributed by atoms with Gasteiger partial charge in [-0.15, -0.1) is 0 Å². The highest BCUT2D eigenvalue weighted by molar-refractivity contribution is 5.63. The molecule has 0 aromatic heterocycles. The molecule has 1 aliphatic rings. The van der Waals surface area contributed by atoms with Crippen LogP contribution in [0.25, 0.3) is 11.1 Å². The Balaban J connectivity index is 1.66. The molecule has 1 N–H and O–H groups in total. The lowest BCUT2D eigenvalue weighted by atomic mass is 9.85. The van der Waals surface area contributed by atoms with Crippen LogP contribution >= 0.6 is 0 Å². The number of rotatable bonds is 5. The van der Waals surface area contributed by atoms with E-state index in [0.717, 1.165) is 12.2 Å². The zero-order chi connectivity index (χ0) is 14.7. The van der Waals surface area contributed by atoms with Crippen LogP contribution in [0, 0.1) is 0 Å². The van der Waals surface area contributed by atoms with Crippen molar-refractivity contribution in [1.29, 1.82) is 0 Å². The Morgan fingerprint density at radius 2 is 1.62 bits per heavy atom. The van der Waals surface area contributed by atoms with Gasteiger partial charge in [-0.2, -0.15) is 0 Å². The molecule has 110 valence electrons. The van der Waals surface area contributed by atoms with Crippen LogP contribution in [0.4, 0.5) is 0 Å². The van der Waals surface area contributed by atoms with Gasteiger partial charge in [-0.3, -0.25) is 0 Å². The van der Waals surface area contributed by atoms with Crippen LogP contribution < -0.4 is 10.1 Å². The molecule has 3 heteroatoms. The predicted molar refractivity (Wildman–Crippen MR) is 84.6 cm³/mol. The number of likely N-dealkylation sites (N-methyl/N-ethyl adjacent to an activating group) is 1. The van der Waals surface area contributed by atoms with Crippen molar-refractivity contribution in [3.63, 3.8) is 0 Å². The number of hydrogen-bond acceptors (Lipinski definition) is 3. The van der Waals surface area contributed by atoms with Crippen LogP contribution in [0.3, 0.4) is 0 Å². The fourth-order valence-electron chi connectivity index (χ4n) is 2.83. The summed E-state index contributed by atoms with van der Waals surface area (Å²) in [6.45, 7) is 0. The first-order valence-corrected chi connectivity index (χ1v) is 7.34. The van der Waals surface area contributed by atoms with Crippen molar-refractivity contribution in [3.05, 3.63) is 54.6 Å². The van der Waals surface area contributed by atoms with Gasteiger partial charge in [-0.1, -0.05) is 42.5 Å². The van der Waals surface area contributed by atoms with Gasteiger partial charge in [-0.05, 0) is 30.3 Å². The minimum Gasteiger partial charge on any atom is -0.488 e. The van der Waals surface area contributed by atoms with Crippen molar-refractivity contribution in [1.82, 2.24) is 5.32 Å². The summed E-state index contributed by atoms with van der Waals surface area (Å²) in [5, 5.41) is 3.24. The number of nitrogens with one attached hydrogen (secondary N) is 1. The summed E-state index contributed by atoms with van der Waals surface area (Å²) < 4.78 is 11.5. The van der Waals surface area contributed by atoms with E-state index < -0.39 is 0 Å². The third kappa shape index (κ3) is 2.94. The lowest BCUT2D eigenvalue weighted by Gasteiger charge is -2.42. The van der Waals surface area contributed by atoms with Crippen molar-refractivity contribution < 1.29 is 9.47 Å². The predicted octanol–water partition coefficient (Wildman–Crippen LogP) is 3.11. The van der Waals surface area contributed by atoms with Crippen molar-refractivity contribution in [2.45, 2.75) is 24.7 Å². The van der Waals surface area contributed by atoms with Crippen LogP contribution in [0.2, 0.25) is 0 Å². The van der Waals surface area contributed by atoms with Crippen LogP contribution in [-0.4, -0.2) is 32.4 Å². The van der Waals surface area contributed by atoms with E-state index in [2.05, 4.69) is 41.7 Å². The third-order valence-electron chi connectivity index (χ3n) is 4.14. The molecule has 2 aromatic rings. The summed E-state index contributed by atoms with van der Waals surface area (Å²) in [5.41, 5.74) is 2.42. The van der Waals surface area contributed by atoms with E-state index in [9.17, 15) is 0 Å². The molecule has 21 heavy (non-hydrogen) atoms. The quantitative estimate of drug-likeness (QED) is 0.914. The average molecular weight is 283 g/mol. The largest absolute Gasteiger partial charge is 0.488 e. The van der Waals surface area contributed by atoms with Gasteiger partial charge in [0.1, 0.15) is 18.0 Å². The lowest BCUT2D eigenvalue weighted by molar-refractivity contribution is -0.0869. The van der Waals surface area contributed by atoms with Gasteiger partial charge in [0.05, 0.1) is 0 Å². The Labute approximate surface area is 125 Å². The molecule has 0 radical (unpaired) electrons. The average Bonchev–Trinajstić information content (AvgIpc) is 2.53. The van der Waals surface area contributed by atoms with E-state index in [4.69, 9.17) is 9.47 Å². The summed E-state index contributed by atoms with van der Waals surface area (Å²) >= 11 is 0. The second kappa shape index (κ2) is 6.29. The van der Waals surface area contributed by atoms with Gasteiger partial charge in [0.2, 0.25) is 0 Å². The minimum absolute atomic E-state index is 0.129. The van der Waals surface area contributed by atoms with E-state index >= 15 is 0 Å². The molecule has 0 bridgehead atoms. The molecule has 1 saturated carbocycles. The zero-order valence-electron chi connectivity index (χ0n) is 12.5. The first-order chi connectivity index (χ1) is 10.3. The molecule has 0 spiro atoms. The first kappa shape index (κ1) is 14.1. The number of hydrogen-bond donors (Lipinski definition) is 1. The Kier molecular flexibility index (Phi) is 4.23. The highest BCUT2D eigenvalue weighted by atomic mass is 16.5. The normalized spacial score (nSPS) is 24.4. The maximum atomic E-state index is 6.01. The van der Waals surface area contributed by atoms with E-state index in [0.29, 0.717) is 6.04 Å². The van der Waals surface area contributed by atoms with Crippen molar-refractivity contribution in [3.8, 4) is 16.9 Å². The van der Waals surface area contributed by atoms with Crippen LogP contribution in [0.15, 0.2) is 54.6 Å². The smallest absolute Gasteiger partial charge is 0.128 e. The Morgan fingerprint density at radius 1 is 0.952 bits per heavy atom. The fraction of sp³-hybridized carbons (Fsp3) is 0.333. The molecular formula is C18H21NO2. The summed E-state index contributed by atoms with van der Waals surface area (Å²) in [4.78, 5) is 0. The van der Waals surface area contributed by atoms with E-state index in [1.807, 2.05) is 25.2 Å². The zero-order valence-corrected chi connectivity index (χ0v) is 12.5. The Morgan fingerprint density at radius 3 is 2.24 bits per heavy atom. The van der Waals surface area contributed by atoms with Crippen LogP contribution in [-0.2, 0) is 4.74 Å². The van der Waals surface area contributed by atoms with Crippen LogP contribution in [0.5, 0.6) is 5.75 Å².